The monoisotopic (exact) mass is 311 g/mol. The Labute approximate surface area is 125 Å². The van der Waals surface area contributed by atoms with Crippen LogP contribution >= 0.6 is 0 Å². The van der Waals surface area contributed by atoms with Crippen molar-refractivity contribution in [2.24, 2.45) is 5.73 Å². The Morgan fingerprint density at radius 1 is 1.32 bits per heavy atom. The predicted molar refractivity (Wildman–Crippen MR) is 74.0 cm³/mol. The van der Waals surface area contributed by atoms with Crippen molar-refractivity contribution in [2.45, 2.75) is 38.1 Å². The number of hydrogen-bond acceptors (Lipinski definition) is 5. The van der Waals surface area contributed by atoms with Gasteiger partial charge in [0, 0.05) is 12.5 Å². The molecule has 120 valence electrons. The summed E-state index contributed by atoms with van der Waals surface area (Å²) in [7, 11) is 0. The van der Waals surface area contributed by atoms with Gasteiger partial charge in [0.05, 0.1) is 17.8 Å². The molecule has 0 aromatic rings. The van der Waals surface area contributed by atoms with Gasteiger partial charge in [-0.1, -0.05) is 6.42 Å². The van der Waals surface area contributed by atoms with Crippen LogP contribution in [0.15, 0.2) is 11.6 Å². The predicted octanol–water partition coefficient (Wildman–Crippen LogP) is -0.294. The van der Waals surface area contributed by atoms with Crippen LogP contribution in [0.4, 0.5) is 0 Å². The third kappa shape index (κ3) is 4.40. The molecule has 1 aliphatic heterocycles. The maximum absolute atomic E-state index is 11.9. The Morgan fingerprint density at radius 2 is 1.95 bits per heavy atom. The number of rotatable bonds is 8. The lowest BCUT2D eigenvalue weighted by Gasteiger charge is -2.29. The molecule has 0 bridgehead atoms. The molecule has 1 atom stereocenters. The highest BCUT2D eigenvalue weighted by molar-refractivity contribution is 6.12. The first kappa shape index (κ1) is 17.3. The van der Waals surface area contributed by atoms with Crippen molar-refractivity contribution in [1.29, 1.82) is 5.41 Å². The van der Waals surface area contributed by atoms with E-state index in [1.807, 2.05) is 0 Å². The number of carbonyl (C=O) groups excluding carboxylic acids is 2. The number of imide groups is 1. The van der Waals surface area contributed by atoms with Crippen LogP contribution in [0.1, 0.15) is 32.1 Å². The van der Waals surface area contributed by atoms with E-state index >= 15 is 0 Å². The van der Waals surface area contributed by atoms with Gasteiger partial charge in [0.2, 0.25) is 5.91 Å². The van der Waals surface area contributed by atoms with Gasteiger partial charge in [-0.25, -0.2) is 9.59 Å². The van der Waals surface area contributed by atoms with Gasteiger partial charge in [-0.05, 0) is 12.8 Å². The molecule has 1 aliphatic rings. The van der Waals surface area contributed by atoms with Crippen molar-refractivity contribution >= 4 is 29.6 Å². The van der Waals surface area contributed by atoms with E-state index in [0.717, 1.165) is 6.08 Å². The summed E-state index contributed by atoms with van der Waals surface area (Å²) in [6, 6.07) is -1.35. The molecule has 5 N–H and O–H groups in total. The highest BCUT2D eigenvalue weighted by atomic mass is 16.4. The molecular formula is C13H17N3O6. The maximum Gasteiger partial charge on any atom is 0.332 e. The molecule has 0 aromatic heterocycles. The van der Waals surface area contributed by atoms with Gasteiger partial charge in [-0.15, -0.1) is 0 Å². The molecule has 1 heterocycles. The number of nitrogens with two attached hydrogens (primary N) is 1. The fraction of sp³-hybridized carbons (Fsp3) is 0.462. The summed E-state index contributed by atoms with van der Waals surface area (Å²) in [6.07, 6.45) is 1.41. The third-order valence-corrected chi connectivity index (χ3v) is 3.19. The number of carboxylic acids is 2. The highest BCUT2D eigenvalue weighted by Gasteiger charge is 2.37. The molecule has 0 aromatic carbocycles. The van der Waals surface area contributed by atoms with Crippen molar-refractivity contribution in [1.82, 2.24) is 4.90 Å². The minimum atomic E-state index is -1.38. The first-order valence-electron chi connectivity index (χ1n) is 6.59. The smallest absolute Gasteiger partial charge is 0.332 e. The molecule has 9 nitrogen and oxygen atoms in total. The molecule has 22 heavy (non-hydrogen) atoms. The zero-order valence-electron chi connectivity index (χ0n) is 11.7. The van der Waals surface area contributed by atoms with Crippen molar-refractivity contribution in [3.8, 4) is 0 Å². The van der Waals surface area contributed by atoms with Crippen molar-refractivity contribution in [3.05, 3.63) is 11.6 Å². The highest BCUT2D eigenvalue weighted by Crippen LogP contribution is 2.20. The number of aliphatic carboxylic acids is 2. The number of unbranched alkanes of at least 4 members (excludes halogenated alkanes) is 1. The largest absolute Gasteiger partial charge is 0.480 e. The SMILES string of the molecule is N=C(N)CCCCC(C(=O)O)N1C(=O)C=C(C(=O)O)CC1=O. The number of hydrogen-bond donors (Lipinski definition) is 4. The topological polar surface area (TPSA) is 162 Å². The van der Waals surface area contributed by atoms with Gasteiger partial charge in [-0.3, -0.25) is 19.9 Å². The second-order valence-electron chi connectivity index (χ2n) is 4.88. The summed E-state index contributed by atoms with van der Waals surface area (Å²) >= 11 is 0. The molecule has 0 radical (unpaired) electrons. The lowest BCUT2D eigenvalue weighted by Crippen LogP contribution is -2.50. The van der Waals surface area contributed by atoms with E-state index in [9.17, 15) is 24.3 Å². The van der Waals surface area contributed by atoms with Gasteiger partial charge in [-0.2, -0.15) is 0 Å². The average Bonchev–Trinajstić information content (AvgIpc) is 2.39. The molecule has 9 heteroatoms. The Hall–Kier alpha value is -2.71. The van der Waals surface area contributed by atoms with Crippen LogP contribution in [0, 0.1) is 5.41 Å². The van der Waals surface area contributed by atoms with E-state index in [0.29, 0.717) is 24.2 Å². The minimum Gasteiger partial charge on any atom is -0.480 e. The van der Waals surface area contributed by atoms with Gasteiger partial charge in [0.1, 0.15) is 6.04 Å². The van der Waals surface area contributed by atoms with Gasteiger partial charge >= 0.3 is 11.9 Å². The summed E-state index contributed by atoms with van der Waals surface area (Å²) in [5, 5.41) is 25.1. The normalized spacial score (nSPS) is 16.2. The quantitative estimate of drug-likeness (QED) is 0.207. The number of carboxylic acid groups (broad SMARTS) is 2. The maximum atomic E-state index is 11.9. The molecule has 0 saturated carbocycles. The summed E-state index contributed by atoms with van der Waals surface area (Å²) < 4.78 is 0. The van der Waals surface area contributed by atoms with E-state index in [2.05, 4.69) is 0 Å². The molecular weight excluding hydrogens is 294 g/mol. The van der Waals surface area contributed by atoms with Crippen molar-refractivity contribution in [3.63, 3.8) is 0 Å². The summed E-state index contributed by atoms with van der Waals surface area (Å²) in [6.45, 7) is 0. The first-order chi connectivity index (χ1) is 10.2. The molecule has 0 saturated heterocycles. The van der Waals surface area contributed by atoms with Crippen LogP contribution < -0.4 is 5.73 Å². The van der Waals surface area contributed by atoms with E-state index in [-0.39, 0.29) is 17.8 Å². The standard InChI is InChI=1S/C13H17N3O6/c14-9(15)4-2-1-3-8(13(21)22)16-10(17)5-7(12(19)20)6-11(16)18/h5,8H,1-4,6H2,(H3,14,15)(H,19,20)(H,21,22). The minimum absolute atomic E-state index is 0.0222. The Bertz CT molecular complexity index is 554. The van der Waals surface area contributed by atoms with Crippen LogP contribution in [0.3, 0.4) is 0 Å². The third-order valence-electron chi connectivity index (χ3n) is 3.19. The van der Waals surface area contributed by atoms with E-state index in [1.54, 1.807) is 0 Å². The van der Waals surface area contributed by atoms with Crippen molar-refractivity contribution in [2.75, 3.05) is 0 Å². The zero-order valence-corrected chi connectivity index (χ0v) is 11.7. The lowest BCUT2D eigenvalue weighted by molar-refractivity contribution is -0.157. The van der Waals surface area contributed by atoms with Crippen LogP contribution in [-0.2, 0) is 19.2 Å². The molecule has 1 unspecified atom stereocenters. The second kappa shape index (κ2) is 7.34. The van der Waals surface area contributed by atoms with Gasteiger partial charge < -0.3 is 15.9 Å². The number of carbonyl (C=O) groups is 4. The van der Waals surface area contributed by atoms with Crippen LogP contribution in [0.2, 0.25) is 0 Å². The number of amides is 2. The number of nitrogens with zero attached hydrogens (tertiary/aromatic N) is 1. The van der Waals surface area contributed by atoms with Crippen LogP contribution in [0.5, 0.6) is 0 Å². The molecule has 1 rings (SSSR count). The lowest BCUT2D eigenvalue weighted by atomic mass is 10.0. The molecule has 0 aliphatic carbocycles. The van der Waals surface area contributed by atoms with E-state index in [4.69, 9.17) is 16.2 Å². The Kier molecular flexibility index (Phi) is 5.79. The fourth-order valence-electron chi connectivity index (χ4n) is 2.12. The van der Waals surface area contributed by atoms with Crippen molar-refractivity contribution < 1.29 is 29.4 Å². The first-order valence-corrected chi connectivity index (χ1v) is 6.59. The molecule has 2 amide bonds. The summed E-state index contributed by atoms with van der Waals surface area (Å²) in [4.78, 5) is 46.4. The van der Waals surface area contributed by atoms with Gasteiger partial charge in [0.15, 0.2) is 0 Å². The molecule has 0 fully saturated rings. The summed E-state index contributed by atoms with van der Waals surface area (Å²) in [5.41, 5.74) is 4.83. The molecule has 0 spiro atoms. The van der Waals surface area contributed by atoms with Gasteiger partial charge in [0.25, 0.3) is 5.91 Å². The van der Waals surface area contributed by atoms with Crippen LogP contribution in [-0.4, -0.2) is 50.7 Å². The second-order valence-corrected chi connectivity index (χ2v) is 4.88. The van der Waals surface area contributed by atoms with E-state index in [1.165, 1.54) is 0 Å². The van der Waals surface area contributed by atoms with Crippen LogP contribution in [0.25, 0.3) is 0 Å². The average molecular weight is 311 g/mol. The Morgan fingerprint density at radius 3 is 2.41 bits per heavy atom. The fourth-order valence-corrected chi connectivity index (χ4v) is 2.12. The van der Waals surface area contributed by atoms with E-state index < -0.39 is 36.2 Å². The number of amidine groups is 1. The Balaban J connectivity index is 2.81. The summed E-state index contributed by atoms with van der Waals surface area (Å²) in [5.74, 6) is -4.52. The zero-order chi connectivity index (χ0) is 16.9. The number of nitrogens with one attached hydrogen (secondary N) is 1.